The van der Waals surface area contributed by atoms with Crippen LogP contribution in [0.1, 0.15) is 33.6 Å². The summed E-state index contributed by atoms with van der Waals surface area (Å²) in [7, 11) is 0. The zero-order valence-corrected chi connectivity index (χ0v) is 16.3. The van der Waals surface area contributed by atoms with E-state index in [1.54, 1.807) is 38.1 Å². The van der Waals surface area contributed by atoms with Gasteiger partial charge in [-0.25, -0.2) is 4.79 Å². The summed E-state index contributed by atoms with van der Waals surface area (Å²) in [6, 6.07) is 5.44. The van der Waals surface area contributed by atoms with Crippen LogP contribution in [0.3, 0.4) is 0 Å². The monoisotopic (exact) mass is 402 g/mol. The molecule has 2 aliphatic rings. The Hall–Kier alpha value is -3.43. The fourth-order valence-electron chi connectivity index (χ4n) is 3.26. The van der Waals surface area contributed by atoms with Crippen LogP contribution in [0.5, 0.6) is 0 Å². The van der Waals surface area contributed by atoms with Crippen molar-refractivity contribution in [1.82, 2.24) is 10.6 Å². The largest absolute Gasteiger partial charge is 0.453 e. The van der Waals surface area contributed by atoms with Crippen LogP contribution >= 0.6 is 0 Å². The highest BCUT2D eigenvalue weighted by atomic mass is 16.5. The molecule has 1 aromatic carbocycles. The summed E-state index contributed by atoms with van der Waals surface area (Å²) in [6.07, 6.45) is -1.25. The average molecular weight is 402 g/mol. The van der Waals surface area contributed by atoms with Crippen LogP contribution in [0, 0.1) is 0 Å². The molecule has 0 saturated carbocycles. The predicted octanol–water partition coefficient (Wildman–Crippen LogP) is 0.670. The van der Waals surface area contributed by atoms with Gasteiger partial charge in [0, 0.05) is 6.42 Å². The minimum Gasteiger partial charge on any atom is -0.453 e. The van der Waals surface area contributed by atoms with E-state index in [9.17, 15) is 24.0 Å². The van der Waals surface area contributed by atoms with Crippen LogP contribution in [0.25, 0.3) is 0 Å². The third-order valence-electron chi connectivity index (χ3n) is 4.88. The second-order valence-corrected chi connectivity index (χ2v) is 7.39. The van der Waals surface area contributed by atoms with Gasteiger partial charge in [0.25, 0.3) is 11.8 Å². The van der Waals surface area contributed by atoms with Gasteiger partial charge in [-0.1, -0.05) is 12.1 Å². The van der Waals surface area contributed by atoms with Crippen molar-refractivity contribution in [1.29, 1.82) is 0 Å². The van der Waals surface area contributed by atoms with E-state index in [0.717, 1.165) is 0 Å². The highest BCUT2D eigenvalue weighted by Gasteiger charge is 2.45. The standard InChI is InChI=1S/C19H22N4O6/c1-10(29-14(24)9-8-12-15(25)22-18(28)21-12)16(26)23-13-7-5-4-6-11(13)20-17(27)19(23,2)3/h4-7,10,12H,8-9H2,1-3H3,(H,20,27)(H2,21,22,25,28)/t10-,12+/m1/s1. The lowest BCUT2D eigenvalue weighted by atomic mass is 9.95. The van der Waals surface area contributed by atoms with E-state index in [1.807, 2.05) is 0 Å². The maximum absolute atomic E-state index is 13.1. The maximum Gasteiger partial charge on any atom is 0.322 e. The second kappa shape index (κ2) is 7.53. The van der Waals surface area contributed by atoms with E-state index in [-0.39, 0.29) is 18.7 Å². The molecule has 2 heterocycles. The van der Waals surface area contributed by atoms with Gasteiger partial charge in [-0.05, 0) is 39.3 Å². The topological polar surface area (TPSA) is 134 Å². The SMILES string of the molecule is C[C@@H](OC(=O)CC[C@@H]1NC(=O)NC1=O)C(=O)N1c2ccccc2NC(=O)C1(C)C. The molecular weight excluding hydrogens is 380 g/mol. The molecule has 29 heavy (non-hydrogen) atoms. The molecule has 0 spiro atoms. The van der Waals surface area contributed by atoms with Crippen molar-refractivity contribution in [2.75, 3.05) is 10.2 Å². The van der Waals surface area contributed by atoms with Crippen molar-refractivity contribution in [3.63, 3.8) is 0 Å². The van der Waals surface area contributed by atoms with Gasteiger partial charge in [0.05, 0.1) is 11.4 Å². The van der Waals surface area contributed by atoms with E-state index < -0.39 is 41.5 Å². The molecule has 0 bridgehead atoms. The number of anilines is 2. The van der Waals surface area contributed by atoms with Crippen LogP contribution < -0.4 is 20.9 Å². The van der Waals surface area contributed by atoms with Crippen LogP contribution in [-0.2, 0) is 23.9 Å². The van der Waals surface area contributed by atoms with Gasteiger partial charge in [-0.15, -0.1) is 0 Å². The molecule has 154 valence electrons. The molecular formula is C19H22N4O6. The molecule has 2 atom stereocenters. The highest BCUT2D eigenvalue weighted by Crippen LogP contribution is 2.37. The summed E-state index contributed by atoms with van der Waals surface area (Å²) in [4.78, 5) is 61.6. The molecule has 1 saturated heterocycles. The number of fused-ring (bicyclic) bond motifs is 1. The van der Waals surface area contributed by atoms with Gasteiger partial charge in [0.1, 0.15) is 11.6 Å². The normalized spacial score (nSPS) is 20.9. The number of esters is 1. The van der Waals surface area contributed by atoms with Crippen molar-refractivity contribution in [2.45, 2.75) is 51.3 Å². The number of ether oxygens (including phenoxy) is 1. The summed E-state index contributed by atoms with van der Waals surface area (Å²) in [5, 5.41) is 7.22. The first kappa shape index (κ1) is 20.3. The molecule has 0 aliphatic carbocycles. The number of amides is 5. The first-order chi connectivity index (χ1) is 13.6. The number of nitrogens with one attached hydrogen (secondary N) is 3. The Kier molecular flexibility index (Phi) is 5.27. The number of hydrogen-bond donors (Lipinski definition) is 3. The van der Waals surface area contributed by atoms with Crippen molar-refractivity contribution in [3.05, 3.63) is 24.3 Å². The van der Waals surface area contributed by atoms with Crippen molar-refractivity contribution in [2.24, 2.45) is 0 Å². The summed E-state index contributed by atoms with van der Waals surface area (Å²) in [6.45, 7) is 4.63. The number of hydrogen-bond acceptors (Lipinski definition) is 6. The van der Waals surface area contributed by atoms with E-state index in [1.165, 1.54) is 11.8 Å². The first-order valence-corrected chi connectivity index (χ1v) is 9.16. The molecule has 3 rings (SSSR count). The number of para-hydroxylation sites is 2. The Morgan fingerprint density at radius 1 is 1.17 bits per heavy atom. The van der Waals surface area contributed by atoms with E-state index in [2.05, 4.69) is 16.0 Å². The van der Waals surface area contributed by atoms with E-state index >= 15 is 0 Å². The molecule has 10 heteroatoms. The van der Waals surface area contributed by atoms with Crippen molar-refractivity contribution < 1.29 is 28.7 Å². The Labute approximate surface area is 166 Å². The molecule has 1 aromatic rings. The Morgan fingerprint density at radius 3 is 2.52 bits per heavy atom. The minimum atomic E-state index is -1.18. The fourth-order valence-corrected chi connectivity index (χ4v) is 3.26. The average Bonchev–Trinajstić information content (AvgIpc) is 2.97. The number of urea groups is 1. The number of imide groups is 1. The molecule has 3 N–H and O–H groups in total. The molecule has 5 amide bonds. The van der Waals surface area contributed by atoms with Gasteiger partial charge in [-0.2, -0.15) is 0 Å². The Morgan fingerprint density at radius 2 is 1.86 bits per heavy atom. The van der Waals surface area contributed by atoms with E-state index in [0.29, 0.717) is 11.4 Å². The van der Waals surface area contributed by atoms with E-state index in [4.69, 9.17) is 4.74 Å². The smallest absolute Gasteiger partial charge is 0.322 e. The lowest BCUT2D eigenvalue weighted by molar-refractivity contribution is -0.154. The number of carbonyl (C=O) groups excluding carboxylic acids is 5. The highest BCUT2D eigenvalue weighted by molar-refractivity contribution is 6.15. The molecule has 0 unspecified atom stereocenters. The summed E-state index contributed by atoms with van der Waals surface area (Å²) >= 11 is 0. The maximum atomic E-state index is 13.1. The van der Waals surface area contributed by atoms with Crippen LogP contribution in [0.4, 0.5) is 16.2 Å². The zero-order valence-electron chi connectivity index (χ0n) is 16.3. The van der Waals surface area contributed by atoms with Gasteiger partial charge in [-0.3, -0.25) is 29.4 Å². The Bertz CT molecular complexity index is 896. The molecule has 1 fully saturated rings. The van der Waals surface area contributed by atoms with Crippen molar-refractivity contribution >= 4 is 41.1 Å². The van der Waals surface area contributed by atoms with Gasteiger partial charge in [0.15, 0.2) is 6.10 Å². The molecule has 2 aliphatic heterocycles. The molecule has 0 radical (unpaired) electrons. The third kappa shape index (κ3) is 3.91. The molecule has 10 nitrogen and oxygen atoms in total. The van der Waals surface area contributed by atoms with Gasteiger partial charge >= 0.3 is 12.0 Å². The third-order valence-corrected chi connectivity index (χ3v) is 4.88. The first-order valence-electron chi connectivity index (χ1n) is 9.16. The molecule has 0 aromatic heterocycles. The minimum absolute atomic E-state index is 0.0533. The lowest BCUT2D eigenvalue weighted by Crippen LogP contribution is -2.60. The lowest BCUT2D eigenvalue weighted by Gasteiger charge is -2.42. The number of nitrogens with zero attached hydrogens (tertiary/aromatic N) is 1. The fraction of sp³-hybridized carbons (Fsp3) is 0.421. The zero-order chi connectivity index (χ0) is 21.3. The summed E-state index contributed by atoms with van der Waals surface area (Å²) in [5.41, 5.74) is -0.180. The summed E-state index contributed by atoms with van der Waals surface area (Å²) in [5.74, 6) is -2.10. The quantitative estimate of drug-likeness (QED) is 0.490. The van der Waals surface area contributed by atoms with Gasteiger partial charge in [0.2, 0.25) is 5.91 Å². The predicted molar refractivity (Wildman–Crippen MR) is 102 cm³/mol. The van der Waals surface area contributed by atoms with Gasteiger partial charge < -0.3 is 15.4 Å². The number of benzene rings is 1. The number of rotatable bonds is 5. The second-order valence-electron chi connectivity index (χ2n) is 7.39. The summed E-state index contributed by atoms with van der Waals surface area (Å²) < 4.78 is 5.22. The van der Waals surface area contributed by atoms with Crippen LogP contribution in [0.15, 0.2) is 24.3 Å². The van der Waals surface area contributed by atoms with Crippen molar-refractivity contribution in [3.8, 4) is 0 Å². The van der Waals surface area contributed by atoms with Crippen LogP contribution in [-0.4, -0.2) is 47.4 Å². The Balaban J connectivity index is 1.67. The number of carbonyl (C=O) groups is 5. The van der Waals surface area contributed by atoms with Crippen LogP contribution in [0.2, 0.25) is 0 Å².